The van der Waals surface area contributed by atoms with Crippen molar-refractivity contribution >= 4 is 18.3 Å². The molecule has 0 radical (unpaired) electrons. The number of hydrogen-bond acceptors (Lipinski definition) is 2. The van der Waals surface area contributed by atoms with Gasteiger partial charge >= 0.3 is 0 Å². The number of piperidine rings is 1. The van der Waals surface area contributed by atoms with Gasteiger partial charge in [0, 0.05) is 18.5 Å². The minimum atomic E-state index is -0.107. The van der Waals surface area contributed by atoms with Gasteiger partial charge < -0.3 is 10.6 Å². The first-order valence-electron chi connectivity index (χ1n) is 9.36. The number of halogens is 1. The molecule has 2 N–H and O–H groups in total. The second-order valence-corrected chi connectivity index (χ2v) is 7.88. The standard InChI is InChI=1S/C20H28N2O.ClH/c23-19(14-15-12-17-8-9-18(13-15)21-17)22-20(10-4-5-11-20)16-6-2-1-3-7-16;/h1-3,6-7,15,17-18,21H,4-5,8-14H2,(H,22,23);1H. The molecule has 4 heteroatoms. The van der Waals surface area contributed by atoms with Gasteiger partial charge in [0.25, 0.3) is 0 Å². The van der Waals surface area contributed by atoms with E-state index in [1.807, 2.05) is 0 Å². The smallest absolute Gasteiger partial charge is 0.220 e. The molecule has 1 saturated carbocycles. The molecule has 2 saturated heterocycles. The van der Waals surface area contributed by atoms with Crippen LogP contribution in [-0.4, -0.2) is 18.0 Å². The topological polar surface area (TPSA) is 41.1 Å². The third-order valence-electron chi connectivity index (χ3n) is 6.21. The molecule has 1 aromatic rings. The van der Waals surface area contributed by atoms with Gasteiger partial charge in [0.2, 0.25) is 5.91 Å². The summed E-state index contributed by atoms with van der Waals surface area (Å²) in [5, 5.41) is 7.11. The molecule has 1 aromatic carbocycles. The highest BCUT2D eigenvalue weighted by Crippen LogP contribution is 2.39. The molecule has 3 nitrogen and oxygen atoms in total. The lowest BCUT2D eigenvalue weighted by molar-refractivity contribution is -0.124. The lowest BCUT2D eigenvalue weighted by Crippen LogP contribution is -2.45. The van der Waals surface area contributed by atoms with Gasteiger partial charge in [-0.1, -0.05) is 43.2 Å². The minimum Gasteiger partial charge on any atom is -0.347 e. The molecule has 2 bridgehead atoms. The van der Waals surface area contributed by atoms with Gasteiger partial charge in [-0.2, -0.15) is 0 Å². The van der Waals surface area contributed by atoms with Gasteiger partial charge in [-0.3, -0.25) is 4.79 Å². The quantitative estimate of drug-likeness (QED) is 0.866. The maximum Gasteiger partial charge on any atom is 0.220 e. The molecule has 2 unspecified atom stereocenters. The lowest BCUT2D eigenvalue weighted by Gasteiger charge is -2.33. The predicted octanol–water partition coefficient (Wildman–Crippen LogP) is 3.91. The fourth-order valence-corrected chi connectivity index (χ4v) is 5.14. The van der Waals surface area contributed by atoms with Crippen molar-refractivity contribution in [3.05, 3.63) is 35.9 Å². The molecule has 24 heavy (non-hydrogen) atoms. The van der Waals surface area contributed by atoms with E-state index in [9.17, 15) is 4.79 Å². The number of nitrogens with one attached hydrogen (secondary N) is 2. The first-order valence-corrected chi connectivity index (χ1v) is 9.36. The normalized spacial score (nSPS) is 30.6. The third kappa shape index (κ3) is 3.62. The Labute approximate surface area is 151 Å². The first kappa shape index (κ1) is 17.8. The Bertz CT molecular complexity index is 544. The van der Waals surface area contributed by atoms with Gasteiger partial charge in [-0.15, -0.1) is 12.4 Å². The molecule has 4 rings (SSSR count). The third-order valence-corrected chi connectivity index (χ3v) is 6.21. The monoisotopic (exact) mass is 348 g/mol. The molecule has 2 aliphatic heterocycles. The number of fused-ring (bicyclic) bond motifs is 2. The molecule has 2 atom stereocenters. The SMILES string of the molecule is Cl.O=C(CC1CC2CCC(C1)N2)NC1(c2ccccc2)CCCC1. The van der Waals surface area contributed by atoms with Gasteiger partial charge in [-0.05, 0) is 50.0 Å². The van der Waals surface area contributed by atoms with E-state index in [-0.39, 0.29) is 23.9 Å². The van der Waals surface area contributed by atoms with Crippen LogP contribution in [0.15, 0.2) is 30.3 Å². The molecule has 2 heterocycles. The molecule has 3 fully saturated rings. The van der Waals surface area contributed by atoms with Crippen LogP contribution in [-0.2, 0) is 10.3 Å². The van der Waals surface area contributed by atoms with Crippen molar-refractivity contribution in [2.24, 2.45) is 5.92 Å². The van der Waals surface area contributed by atoms with E-state index in [4.69, 9.17) is 0 Å². The number of carbonyl (C=O) groups is 1. The van der Waals surface area contributed by atoms with Crippen molar-refractivity contribution < 1.29 is 4.79 Å². The van der Waals surface area contributed by atoms with E-state index in [0.717, 1.165) is 12.8 Å². The summed E-state index contributed by atoms with van der Waals surface area (Å²) in [5.41, 5.74) is 1.18. The van der Waals surface area contributed by atoms with E-state index in [1.165, 1.54) is 44.1 Å². The average molecular weight is 349 g/mol. The second-order valence-electron chi connectivity index (χ2n) is 7.88. The summed E-state index contributed by atoms with van der Waals surface area (Å²) in [7, 11) is 0. The van der Waals surface area contributed by atoms with Crippen LogP contribution in [0, 0.1) is 5.92 Å². The van der Waals surface area contributed by atoms with Crippen LogP contribution in [0.5, 0.6) is 0 Å². The number of carbonyl (C=O) groups excluding carboxylic acids is 1. The highest BCUT2D eigenvalue weighted by atomic mass is 35.5. The van der Waals surface area contributed by atoms with Crippen LogP contribution >= 0.6 is 12.4 Å². The summed E-state index contributed by atoms with van der Waals surface area (Å²) in [6, 6.07) is 11.9. The Hall–Kier alpha value is -1.06. The number of benzene rings is 1. The molecule has 1 aliphatic carbocycles. The van der Waals surface area contributed by atoms with Crippen molar-refractivity contribution in [1.29, 1.82) is 0 Å². The summed E-state index contributed by atoms with van der Waals surface area (Å²) in [6.07, 6.45) is 10.3. The molecule has 0 aromatic heterocycles. The first-order chi connectivity index (χ1) is 11.2. The van der Waals surface area contributed by atoms with Crippen LogP contribution in [0.3, 0.4) is 0 Å². The van der Waals surface area contributed by atoms with Crippen molar-refractivity contribution in [2.75, 3.05) is 0 Å². The second kappa shape index (κ2) is 7.45. The summed E-state index contributed by atoms with van der Waals surface area (Å²) in [6.45, 7) is 0. The van der Waals surface area contributed by atoms with Crippen LogP contribution in [0.2, 0.25) is 0 Å². The van der Waals surface area contributed by atoms with Crippen LogP contribution in [0.1, 0.15) is 63.4 Å². The van der Waals surface area contributed by atoms with Gasteiger partial charge in [-0.25, -0.2) is 0 Å². The van der Waals surface area contributed by atoms with Crippen LogP contribution in [0.25, 0.3) is 0 Å². The summed E-state index contributed by atoms with van der Waals surface area (Å²) >= 11 is 0. The Balaban J connectivity index is 0.00000169. The fraction of sp³-hybridized carbons (Fsp3) is 0.650. The Morgan fingerprint density at radius 2 is 1.71 bits per heavy atom. The average Bonchev–Trinajstić information content (AvgIpc) is 3.16. The maximum absolute atomic E-state index is 12.7. The van der Waals surface area contributed by atoms with Crippen molar-refractivity contribution in [2.45, 2.75) is 75.4 Å². The molecule has 3 aliphatic rings. The van der Waals surface area contributed by atoms with Crippen LogP contribution in [0.4, 0.5) is 0 Å². The predicted molar refractivity (Wildman–Crippen MR) is 99.3 cm³/mol. The zero-order chi connectivity index (χ0) is 15.7. The Morgan fingerprint density at radius 1 is 1.08 bits per heavy atom. The largest absolute Gasteiger partial charge is 0.347 e. The number of rotatable bonds is 4. The van der Waals surface area contributed by atoms with Crippen molar-refractivity contribution in [3.63, 3.8) is 0 Å². The molecule has 132 valence electrons. The summed E-state index contributed by atoms with van der Waals surface area (Å²) < 4.78 is 0. The van der Waals surface area contributed by atoms with Crippen molar-refractivity contribution in [3.8, 4) is 0 Å². The Kier molecular flexibility index (Phi) is 5.51. The van der Waals surface area contributed by atoms with E-state index in [1.54, 1.807) is 0 Å². The highest BCUT2D eigenvalue weighted by Gasteiger charge is 2.38. The van der Waals surface area contributed by atoms with Crippen LogP contribution < -0.4 is 10.6 Å². The van der Waals surface area contributed by atoms with E-state index in [2.05, 4.69) is 41.0 Å². The summed E-state index contributed by atoms with van der Waals surface area (Å²) in [5.74, 6) is 0.838. The van der Waals surface area contributed by atoms with E-state index >= 15 is 0 Å². The van der Waals surface area contributed by atoms with Gasteiger partial charge in [0.15, 0.2) is 0 Å². The zero-order valence-corrected chi connectivity index (χ0v) is 15.1. The Morgan fingerprint density at radius 3 is 2.33 bits per heavy atom. The number of hydrogen-bond donors (Lipinski definition) is 2. The van der Waals surface area contributed by atoms with Crippen molar-refractivity contribution in [1.82, 2.24) is 10.6 Å². The van der Waals surface area contributed by atoms with E-state index < -0.39 is 0 Å². The lowest BCUT2D eigenvalue weighted by atomic mass is 9.86. The fourth-order valence-electron chi connectivity index (χ4n) is 5.14. The minimum absolute atomic E-state index is 0. The maximum atomic E-state index is 12.7. The highest BCUT2D eigenvalue weighted by molar-refractivity contribution is 5.85. The van der Waals surface area contributed by atoms with Gasteiger partial charge in [0.1, 0.15) is 0 Å². The molecule has 0 spiro atoms. The molecule has 1 amide bonds. The molecular weight excluding hydrogens is 320 g/mol. The zero-order valence-electron chi connectivity index (χ0n) is 14.3. The number of amides is 1. The van der Waals surface area contributed by atoms with Gasteiger partial charge in [0.05, 0.1) is 5.54 Å². The summed E-state index contributed by atoms with van der Waals surface area (Å²) in [4.78, 5) is 12.7. The molecular formula is C20H29ClN2O. The van der Waals surface area contributed by atoms with E-state index in [0.29, 0.717) is 24.4 Å².